The Morgan fingerprint density at radius 2 is 1.85 bits per heavy atom. The third-order valence-electron chi connectivity index (χ3n) is 3.28. The van der Waals surface area contributed by atoms with Gasteiger partial charge in [0.05, 0.1) is 6.61 Å². The van der Waals surface area contributed by atoms with Crippen molar-refractivity contribution in [3.8, 4) is 11.5 Å². The van der Waals surface area contributed by atoms with Gasteiger partial charge >= 0.3 is 5.97 Å². The van der Waals surface area contributed by atoms with Gasteiger partial charge in [-0.2, -0.15) is 0 Å². The summed E-state index contributed by atoms with van der Waals surface area (Å²) >= 11 is 1.16. The highest BCUT2D eigenvalue weighted by Gasteiger charge is 2.14. The normalized spacial score (nSPS) is 10.2. The third kappa shape index (κ3) is 4.46. The molecule has 1 heterocycles. The number of nitrogens with zero attached hydrogens (tertiary/aromatic N) is 1. The van der Waals surface area contributed by atoms with Crippen molar-refractivity contribution >= 4 is 28.3 Å². The number of carbonyl (C=O) groups is 2. The number of nitrogens with one attached hydrogen (secondary N) is 1. The molecule has 7 heteroatoms. The number of para-hydroxylation sites is 1. The van der Waals surface area contributed by atoms with Gasteiger partial charge in [-0.25, -0.2) is 9.78 Å². The molecular formula is C19H16N2O4S. The lowest BCUT2D eigenvalue weighted by molar-refractivity contribution is 0.0520. The van der Waals surface area contributed by atoms with Crippen LogP contribution in [0.1, 0.15) is 27.8 Å². The van der Waals surface area contributed by atoms with Crippen molar-refractivity contribution in [1.82, 2.24) is 4.98 Å². The van der Waals surface area contributed by atoms with Crippen LogP contribution in [0.25, 0.3) is 0 Å². The molecule has 0 saturated heterocycles. The second-order valence-electron chi connectivity index (χ2n) is 5.16. The van der Waals surface area contributed by atoms with Crippen LogP contribution in [0, 0.1) is 0 Å². The molecule has 0 bridgehead atoms. The van der Waals surface area contributed by atoms with Gasteiger partial charge in [0, 0.05) is 10.9 Å². The molecule has 0 spiro atoms. The molecule has 132 valence electrons. The number of benzene rings is 2. The number of hydrogen-bond acceptors (Lipinski definition) is 6. The summed E-state index contributed by atoms with van der Waals surface area (Å²) in [5.41, 5.74) is 0.597. The predicted octanol–water partition coefficient (Wildman–Crippen LogP) is 4.36. The standard InChI is InChI=1S/C19H16N2O4S/c1-2-24-18(23)16-12-26-19(20-16)21-17(22)13-7-6-10-15(11-13)25-14-8-4-3-5-9-14/h3-12H,2H2,1H3,(H,20,21,22). The number of anilines is 1. The Morgan fingerprint density at radius 3 is 2.62 bits per heavy atom. The fourth-order valence-electron chi connectivity index (χ4n) is 2.12. The summed E-state index contributed by atoms with van der Waals surface area (Å²) in [5.74, 6) is 0.384. The molecule has 0 radical (unpaired) electrons. The molecule has 0 unspecified atom stereocenters. The maximum absolute atomic E-state index is 12.4. The summed E-state index contributed by atoms with van der Waals surface area (Å²) in [5, 5.41) is 4.54. The van der Waals surface area contributed by atoms with Crippen molar-refractivity contribution in [3.05, 3.63) is 71.2 Å². The van der Waals surface area contributed by atoms with E-state index in [0.717, 1.165) is 11.3 Å². The quantitative estimate of drug-likeness (QED) is 0.654. The Balaban J connectivity index is 1.68. The van der Waals surface area contributed by atoms with E-state index in [4.69, 9.17) is 9.47 Å². The van der Waals surface area contributed by atoms with Gasteiger partial charge < -0.3 is 9.47 Å². The Morgan fingerprint density at radius 1 is 1.08 bits per heavy atom. The van der Waals surface area contributed by atoms with Gasteiger partial charge in [0.2, 0.25) is 0 Å². The van der Waals surface area contributed by atoms with E-state index in [2.05, 4.69) is 10.3 Å². The maximum Gasteiger partial charge on any atom is 0.357 e. The van der Waals surface area contributed by atoms with Crippen molar-refractivity contribution in [2.75, 3.05) is 11.9 Å². The minimum absolute atomic E-state index is 0.174. The number of hydrogen-bond donors (Lipinski definition) is 1. The summed E-state index contributed by atoms with van der Waals surface area (Å²) in [6.07, 6.45) is 0. The van der Waals surface area contributed by atoms with Crippen LogP contribution in [0.5, 0.6) is 11.5 Å². The van der Waals surface area contributed by atoms with Crippen molar-refractivity contribution in [1.29, 1.82) is 0 Å². The van der Waals surface area contributed by atoms with E-state index >= 15 is 0 Å². The molecular weight excluding hydrogens is 352 g/mol. The first kappa shape index (κ1) is 17.6. The molecule has 0 saturated carbocycles. The Kier molecular flexibility index (Phi) is 5.60. The zero-order chi connectivity index (χ0) is 18.4. The van der Waals surface area contributed by atoms with Gasteiger partial charge in [-0.1, -0.05) is 24.3 Å². The topological polar surface area (TPSA) is 77.5 Å². The first-order chi connectivity index (χ1) is 12.7. The molecule has 0 aliphatic rings. The molecule has 3 rings (SSSR count). The Labute approximate surface area is 154 Å². The van der Waals surface area contributed by atoms with Gasteiger partial charge in [0.15, 0.2) is 10.8 Å². The van der Waals surface area contributed by atoms with Gasteiger partial charge in [-0.3, -0.25) is 10.1 Å². The zero-order valence-corrected chi connectivity index (χ0v) is 14.8. The second kappa shape index (κ2) is 8.26. The first-order valence-corrected chi connectivity index (χ1v) is 8.80. The largest absolute Gasteiger partial charge is 0.461 e. The van der Waals surface area contributed by atoms with Crippen LogP contribution < -0.4 is 10.1 Å². The van der Waals surface area contributed by atoms with Gasteiger partial charge in [-0.15, -0.1) is 11.3 Å². The van der Waals surface area contributed by atoms with Crippen LogP contribution in [-0.2, 0) is 4.74 Å². The van der Waals surface area contributed by atoms with E-state index in [1.807, 2.05) is 30.3 Å². The van der Waals surface area contributed by atoms with Crippen LogP contribution in [-0.4, -0.2) is 23.5 Å². The molecule has 6 nitrogen and oxygen atoms in total. The lowest BCUT2D eigenvalue weighted by Gasteiger charge is -2.07. The Hall–Kier alpha value is -3.19. The fourth-order valence-corrected chi connectivity index (χ4v) is 2.80. The highest BCUT2D eigenvalue weighted by Crippen LogP contribution is 2.23. The molecule has 0 aliphatic carbocycles. The number of thiazole rings is 1. The van der Waals surface area contributed by atoms with Crippen LogP contribution in [0.15, 0.2) is 60.0 Å². The van der Waals surface area contributed by atoms with E-state index in [0.29, 0.717) is 22.2 Å². The molecule has 0 aliphatic heterocycles. The SMILES string of the molecule is CCOC(=O)c1csc(NC(=O)c2cccc(Oc3ccccc3)c2)n1. The average molecular weight is 368 g/mol. The summed E-state index contributed by atoms with van der Waals surface area (Å²) < 4.78 is 10.6. The monoisotopic (exact) mass is 368 g/mol. The summed E-state index contributed by atoms with van der Waals surface area (Å²) in [7, 11) is 0. The van der Waals surface area contributed by atoms with Crippen LogP contribution in [0.3, 0.4) is 0 Å². The third-order valence-corrected chi connectivity index (χ3v) is 4.04. The lowest BCUT2D eigenvalue weighted by Crippen LogP contribution is -2.12. The number of amides is 1. The van der Waals surface area contributed by atoms with Crippen molar-refractivity contribution in [2.45, 2.75) is 6.92 Å². The summed E-state index contributed by atoms with van der Waals surface area (Å²) in [6.45, 7) is 1.99. The molecule has 1 aromatic heterocycles. The van der Waals surface area contributed by atoms with E-state index in [9.17, 15) is 9.59 Å². The van der Waals surface area contributed by atoms with Gasteiger partial charge in [0.25, 0.3) is 5.91 Å². The summed E-state index contributed by atoms with van der Waals surface area (Å²) in [6, 6.07) is 16.1. The fraction of sp³-hybridized carbons (Fsp3) is 0.105. The van der Waals surface area contributed by atoms with Gasteiger partial charge in [0.1, 0.15) is 11.5 Å². The van der Waals surface area contributed by atoms with Crippen LogP contribution >= 0.6 is 11.3 Å². The highest BCUT2D eigenvalue weighted by atomic mass is 32.1. The van der Waals surface area contributed by atoms with E-state index < -0.39 is 5.97 Å². The molecule has 2 aromatic carbocycles. The number of carbonyl (C=O) groups excluding carboxylic acids is 2. The average Bonchev–Trinajstić information content (AvgIpc) is 3.12. The minimum Gasteiger partial charge on any atom is -0.461 e. The lowest BCUT2D eigenvalue weighted by atomic mass is 10.2. The van der Waals surface area contributed by atoms with Crippen LogP contribution in [0.2, 0.25) is 0 Å². The predicted molar refractivity (Wildman–Crippen MR) is 99.0 cm³/mol. The van der Waals surface area contributed by atoms with E-state index in [1.165, 1.54) is 0 Å². The zero-order valence-electron chi connectivity index (χ0n) is 14.0. The highest BCUT2D eigenvalue weighted by molar-refractivity contribution is 7.14. The smallest absolute Gasteiger partial charge is 0.357 e. The van der Waals surface area contributed by atoms with Crippen molar-refractivity contribution in [2.24, 2.45) is 0 Å². The number of aromatic nitrogens is 1. The number of rotatable bonds is 6. The second-order valence-corrected chi connectivity index (χ2v) is 6.01. The maximum atomic E-state index is 12.4. The molecule has 1 N–H and O–H groups in total. The molecule has 3 aromatic rings. The van der Waals surface area contributed by atoms with Crippen LogP contribution in [0.4, 0.5) is 5.13 Å². The number of ether oxygens (including phenoxy) is 2. The van der Waals surface area contributed by atoms with E-state index in [-0.39, 0.29) is 18.2 Å². The van der Waals surface area contributed by atoms with Crippen molar-refractivity contribution in [3.63, 3.8) is 0 Å². The molecule has 1 amide bonds. The minimum atomic E-state index is -0.512. The summed E-state index contributed by atoms with van der Waals surface area (Å²) in [4.78, 5) is 28.1. The molecule has 0 fully saturated rings. The molecule has 0 atom stereocenters. The number of esters is 1. The van der Waals surface area contributed by atoms with Gasteiger partial charge in [-0.05, 0) is 37.3 Å². The molecule has 26 heavy (non-hydrogen) atoms. The first-order valence-electron chi connectivity index (χ1n) is 7.92. The van der Waals surface area contributed by atoms with E-state index in [1.54, 1.807) is 36.6 Å². The van der Waals surface area contributed by atoms with Crippen molar-refractivity contribution < 1.29 is 19.1 Å². The Bertz CT molecular complexity index is 909.